The molecular formula is C33H28O6. The zero-order valence-corrected chi connectivity index (χ0v) is 21.7. The minimum absolute atomic E-state index is 0.0218. The second-order valence-corrected chi connectivity index (χ2v) is 8.40. The summed E-state index contributed by atoms with van der Waals surface area (Å²) in [5, 5.41) is 0. The van der Waals surface area contributed by atoms with E-state index in [0.717, 1.165) is 22.6 Å². The van der Waals surface area contributed by atoms with Crippen LogP contribution in [0.25, 0.3) is 12.2 Å². The van der Waals surface area contributed by atoms with Crippen molar-refractivity contribution < 1.29 is 28.5 Å². The van der Waals surface area contributed by atoms with E-state index in [0.29, 0.717) is 22.6 Å². The second kappa shape index (κ2) is 13.4. The van der Waals surface area contributed by atoms with Gasteiger partial charge in [-0.05, 0) is 96.1 Å². The molecule has 0 heterocycles. The van der Waals surface area contributed by atoms with Crippen molar-refractivity contribution in [2.75, 3.05) is 21.0 Å². The van der Waals surface area contributed by atoms with Crippen molar-refractivity contribution in [2.45, 2.75) is 0 Å². The molecule has 196 valence electrons. The molecule has 0 spiro atoms. The Morgan fingerprint density at radius 2 is 0.974 bits per heavy atom. The number of carbonyl (C=O) groups excluding carboxylic acids is 2. The topological polar surface area (TPSA) is 71.1 Å². The first-order valence-corrected chi connectivity index (χ1v) is 12.2. The highest BCUT2D eigenvalue weighted by atomic mass is 16.7. The van der Waals surface area contributed by atoms with Crippen LogP contribution in [-0.4, -0.2) is 32.6 Å². The Bertz CT molecular complexity index is 1350. The smallest absolute Gasteiger partial charge is 0.230 e. The third-order valence-corrected chi connectivity index (χ3v) is 5.77. The van der Waals surface area contributed by atoms with Gasteiger partial charge in [0.1, 0.15) is 23.0 Å². The van der Waals surface area contributed by atoms with Crippen LogP contribution in [0.2, 0.25) is 0 Å². The predicted molar refractivity (Wildman–Crippen MR) is 152 cm³/mol. The van der Waals surface area contributed by atoms with Gasteiger partial charge < -0.3 is 18.9 Å². The Kier molecular flexibility index (Phi) is 9.29. The molecule has 4 aromatic carbocycles. The molecule has 0 aliphatic carbocycles. The van der Waals surface area contributed by atoms with E-state index in [1.165, 1.54) is 12.2 Å². The molecule has 0 aliphatic rings. The first-order valence-electron chi connectivity index (χ1n) is 12.2. The Morgan fingerprint density at radius 3 is 1.36 bits per heavy atom. The van der Waals surface area contributed by atoms with Crippen molar-refractivity contribution in [3.63, 3.8) is 0 Å². The number of hydrogen-bond donors (Lipinski definition) is 0. The van der Waals surface area contributed by atoms with Crippen molar-refractivity contribution in [1.29, 1.82) is 0 Å². The van der Waals surface area contributed by atoms with E-state index < -0.39 is 0 Å². The van der Waals surface area contributed by atoms with Crippen LogP contribution in [0.1, 0.15) is 31.8 Å². The van der Waals surface area contributed by atoms with Crippen molar-refractivity contribution in [2.24, 2.45) is 0 Å². The fourth-order valence-corrected chi connectivity index (χ4v) is 3.62. The molecule has 6 heteroatoms. The highest BCUT2D eigenvalue weighted by Crippen LogP contribution is 2.18. The average molecular weight is 521 g/mol. The van der Waals surface area contributed by atoms with E-state index in [-0.39, 0.29) is 18.4 Å². The minimum atomic E-state index is -0.117. The van der Waals surface area contributed by atoms with Crippen molar-refractivity contribution in [1.82, 2.24) is 0 Å². The lowest BCUT2D eigenvalue weighted by molar-refractivity contribution is 0.103. The second-order valence-electron chi connectivity index (χ2n) is 8.40. The van der Waals surface area contributed by atoms with Crippen molar-refractivity contribution in [3.05, 3.63) is 131 Å². The van der Waals surface area contributed by atoms with Gasteiger partial charge in [-0.3, -0.25) is 9.59 Å². The Hall–Kier alpha value is -5.10. The minimum Gasteiger partial charge on any atom is -0.497 e. The maximum Gasteiger partial charge on any atom is 0.230 e. The van der Waals surface area contributed by atoms with E-state index in [1.807, 2.05) is 48.5 Å². The molecule has 0 atom stereocenters. The molecule has 6 nitrogen and oxygen atoms in total. The van der Waals surface area contributed by atoms with Gasteiger partial charge in [0.2, 0.25) is 6.79 Å². The van der Waals surface area contributed by atoms with Gasteiger partial charge in [-0.2, -0.15) is 0 Å². The van der Waals surface area contributed by atoms with Gasteiger partial charge in [-0.15, -0.1) is 0 Å². The standard InChI is InChI=1S/C33H28O6/c1-36-30-7-3-5-24(21-30)9-19-32(34)26-11-15-28(16-12-26)38-23-39-29-17-13-27(14-18-29)33(35)20-10-25-6-4-8-31(22-25)37-2/h3-22H,23H2,1-2H3/b19-9+,20-10+. The molecule has 0 saturated carbocycles. The maximum absolute atomic E-state index is 12.5. The van der Waals surface area contributed by atoms with Crippen molar-refractivity contribution >= 4 is 23.7 Å². The molecule has 0 aromatic heterocycles. The number of allylic oxidation sites excluding steroid dienone is 2. The van der Waals surface area contributed by atoms with Crippen LogP contribution >= 0.6 is 0 Å². The summed E-state index contributed by atoms with van der Waals surface area (Å²) in [4.78, 5) is 25.0. The zero-order chi connectivity index (χ0) is 27.5. The maximum atomic E-state index is 12.5. The van der Waals surface area contributed by atoms with E-state index in [1.54, 1.807) is 74.9 Å². The fraction of sp³-hybridized carbons (Fsp3) is 0.0909. The average Bonchev–Trinajstić information content (AvgIpc) is 2.99. The van der Waals surface area contributed by atoms with Crippen LogP contribution in [0.15, 0.2) is 109 Å². The molecule has 39 heavy (non-hydrogen) atoms. The molecule has 0 saturated heterocycles. The number of ketones is 2. The predicted octanol–water partition coefficient (Wildman–Crippen LogP) is 6.91. The third kappa shape index (κ3) is 7.94. The number of rotatable bonds is 12. The van der Waals surface area contributed by atoms with E-state index in [2.05, 4.69) is 0 Å². The molecule has 4 aromatic rings. The van der Waals surface area contributed by atoms with Gasteiger partial charge in [0.15, 0.2) is 11.6 Å². The SMILES string of the molecule is COc1cccc(/C=C/C(=O)c2ccc(OCOc3ccc(C(=O)/C=C/c4cccc(OC)c4)cc3)cc2)c1. The van der Waals surface area contributed by atoms with Crippen LogP contribution in [0.3, 0.4) is 0 Å². The summed E-state index contributed by atoms with van der Waals surface area (Å²) in [5.41, 5.74) is 2.84. The molecule has 0 radical (unpaired) electrons. The summed E-state index contributed by atoms with van der Waals surface area (Å²) in [7, 11) is 3.21. The van der Waals surface area contributed by atoms with Crippen LogP contribution in [0.5, 0.6) is 23.0 Å². The summed E-state index contributed by atoms with van der Waals surface area (Å²) in [5.74, 6) is 2.36. The van der Waals surface area contributed by atoms with Gasteiger partial charge in [0, 0.05) is 11.1 Å². The highest BCUT2D eigenvalue weighted by Gasteiger charge is 2.05. The normalized spacial score (nSPS) is 10.9. The van der Waals surface area contributed by atoms with Crippen LogP contribution < -0.4 is 18.9 Å². The molecule has 0 amide bonds. The van der Waals surface area contributed by atoms with Gasteiger partial charge in [0.05, 0.1) is 14.2 Å². The van der Waals surface area contributed by atoms with Crippen LogP contribution in [0, 0.1) is 0 Å². The van der Waals surface area contributed by atoms with E-state index in [4.69, 9.17) is 18.9 Å². The quantitative estimate of drug-likeness (QED) is 0.115. The van der Waals surface area contributed by atoms with Crippen LogP contribution in [-0.2, 0) is 0 Å². The number of methoxy groups -OCH3 is 2. The van der Waals surface area contributed by atoms with Gasteiger partial charge in [-0.25, -0.2) is 0 Å². The highest BCUT2D eigenvalue weighted by molar-refractivity contribution is 6.07. The monoisotopic (exact) mass is 520 g/mol. The first-order chi connectivity index (χ1) is 19.0. The molecule has 4 rings (SSSR count). The van der Waals surface area contributed by atoms with Gasteiger partial charge in [0.25, 0.3) is 0 Å². The lowest BCUT2D eigenvalue weighted by atomic mass is 10.1. The fourth-order valence-electron chi connectivity index (χ4n) is 3.62. The summed E-state index contributed by atoms with van der Waals surface area (Å²) >= 11 is 0. The third-order valence-electron chi connectivity index (χ3n) is 5.77. The Balaban J connectivity index is 1.25. The lowest BCUT2D eigenvalue weighted by Gasteiger charge is -2.09. The summed E-state index contributed by atoms with van der Waals surface area (Å²) in [6, 6.07) is 28.6. The number of hydrogen-bond acceptors (Lipinski definition) is 6. The number of ether oxygens (including phenoxy) is 4. The van der Waals surface area contributed by atoms with Crippen molar-refractivity contribution in [3.8, 4) is 23.0 Å². The molecule has 0 bridgehead atoms. The molecule has 0 unspecified atom stereocenters. The molecule has 0 aliphatic heterocycles. The Labute approximate surface area is 227 Å². The van der Waals surface area contributed by atoms with E-state index in [9.17, 15) is 9.59 Å². The van der Waals surface area contributed by atoms with Gasteiger partial charge >= 0.3 is 0 Å². The lowest BCUT2D eigenvalue weighted by Crippen LogP contribution is -2.06. The number of carbonyl (C=O) groups is 2. The van der Waals surface area contributed by atoms with Crippen LogP contribution in [0.4, 0.5) is 0 Å². The molecule has 0 fully saturated rings. The summed E-state index contributed by atoms with van der Waals surface area (Å²) in [6.07, 6.45) is 6.55. The molecular weight excluding hydrogens is 492 g/mol. The first kappa shape index (κ1) is 26.9. The largest absolute Gasteiger partial charge is 0.497 e. The zero-order valence-electron chi connectivity index (χ0n) is 21.7. The number of benzene rings is 4. The summed E-state index contributed by atoms with van der Waals surface area (Å²) in [6.45, 7) is -0.0218. The summed E-state index contributed by atoms with van der Waals surface area (Å²) < 4.78 is 21.7. The van der Waals surface area contributed by atoms with Gasteiger partial charge in [-0.1, -0.05) is 36.4 Å². The molecule has 0 N–H and O–H groups in total. The Morgan fingerprint density at radius 1 is 0.564 bits per heavy atom. The van der Waals surface area contributed by atoms with E-state index >= 15 is 0 Å².